The van der Waals surface area contributed by atoms with Crippen LogP contribution < -0.4 is 20.3 Å². The van der Waals surface area contributed by atoms with Crippen LogP contribution in [0.4, 0.5) is 22.0 Å². The van der Waals surface area contributed by atoms with Crippen molar-refractivity contribution < 1.29 is 28.6 Å². The van der Waals surface area contributed by atoms with Crippen LogP contribution in [-0.2, 0) is 9.47 Å². The molecule has 5 rings (SSSR count). The maximum Gasteiger partial charge on any atom is 0.410 e. The molecule has 0 radical (unpaired) electrons. The third-order valence-corrected chi connectivity index (χ3v) is 7.88. The smallest absolute Gasteiger partial charge is 0.410 e. The Morgan fingerprint density at radius 1 is 0.870 bits per heavy atom. The molecule has 0 aliphatic carbocycles. The van der Waals surface area contributed by atoms with E-state index in [0.717, 1.165) is 5.69 Å². The van der Waals surface area contributed by atoms with Crippen LogP contribution in [0.25, 0.3) is 0 Å². The number of nitrogens with zero attached hydrogens (tertiary/aromatic N) is 3. The largest absolute Gasteiger partial charge is 0.489 e. The molecule has 13 heteroatoms. The Labute approximate surface area is 278 Å². The Morgan fingerprint density at radius 2 is 1.54 bits per heavy atom. The fourth-order valence-electron chi connectivity index (χ4n) is 5.12. The molecule has 0 unspecified atom stereocenters. The predicted molar refractivity (Wildman–Crippen MR) is 178 cm³/mol. The van der Waals surface area contributed by atoms with Crippen molar-refractivity contribution in [2.24, 2.45) is 0 Å². The van der Waals surface area contributed by atoms with E-state index in [1.54, 1.807) is 29.2 Å². The van der Waals surface area contributed by atoms with Gasteiger partial charge >= 0.3 is 6.09 Å². The van der Waals surface area contributed by atoms with Gasteiger partial charge in [0.2, 0.25) is 0 Å². The summed E-state index contributed by atoms with van der Waals surface area (Å²) in [5, 5.41) is 6.34. The highest BCUT2D eigenvalue weighted by atomic mass is 35.5. The van der Waals surface area contributed by atoms with Crippen molar-refractivity contribution in [2.45, 2.75) is 45.3 Å². The number of carbonyl (C=O) groups is 3. The van der Waals surface area contributed by atoms with Crippen LogP contribution in [0.3, 0.4) is 0 Å². The number of ether oxygens (including phenoxy) is 3. The molecule has 2 aliphatic heterocycles. The molecule has 0 bridgehead atoms. The predicted octanol–water partition coefficient (Wildman–Crippen LogP) is 6.51. The minimum atomic E-state index is -0.580. The third kappa shape index (κ3) is 8.80. The molecule has 2 N–H and O–H groups in total. The van der Waals surface area contributed by atoms with E-state index in [1.165, 1.54) is 18.3 Å². The monoisotopic (exact) mass is 669 g/mol. The van der Waals surface area contributed by atoms with Crippen molar-refractivity contribution in [2.75, 3.05) is 54.9 Å². The zero-order valence-electron chi connectivity index (χ0n) is 26.0. The normalized spacial score (nSPS) is 15.7. The van der Waals surface area contributed by atoms with Gasteiger partial charge < -0.3 is 34.6 Å². The summed E-state index contributed by atoms with van der Waals surface area (Å²) in [4.78, 5) is 47.6. The Kier molecular flexibility index (Phi) is 10.6. The van der Waals surface area contributed by atoms with E-state index < -0.39 is 17.4 Å². The van der Waals surface area contributed by atoms with E-state index in [1.807, 2.05) is 32.9 Å². The van der Waals surface area contributed by atoms with Crippen molar-refractivity contribution in [3.8, 4) is 5.75 Å². The van der Waals surface area contributed by atoms with Crippen molar-refractivity contribution >= 4 is 58.3 Å². The van der Waals surface area contributed by atoms with E-state index in [9.17, 15) is 14.4 Å². The number of pyridine rings is 1. The lowest BCUT2D eigenvalue weighted by molar-refractivity contribution is 0.0126. The Bertz CT molecular complexity index is 1570. The number of anilines is 3. The summed E-state index contributed by atoms with van der Waals surface area (Å²) in [7, 11) is 0. The van der Waals surface area contributed by atoms with Gasteiger partial charge in [-0.3, -0.25) is 9.59 Å². The van der Waals surface area contributed by atoms with Crippen LogP contribution in [-0.4, -0.2) is 78.9 Å². The number of rotatable bonds is 7. The molecule has 244 valence electrons. The van der Waals surface area contributed by atoms with Gasteiger partial charge in [-0.25, -0.2) is 9.78 Å². The van der Waals surface area contributed by atoms with Gasteiger partial charge in [-0.15, -0.1) is 0 Å². The highest BCUT2D eigenvalue weighted by Crippen LogP contribution is 2.31. The maximum absolute atomic E-state index is 13.8. The first kappa shape index (κ1) is 33.3. The summed E-state index contributed by atoms with van der Waals surface area (Å²) in [5.74, 6) is -0.266. The topological polar surface area (TPSA) is 122 Å². The van der Waals surface area contributed by atoms with Crippen LogP contribution in [0.15, 0.2) is 54.7 Å². The number of nitrogens with one attached hydrogen (secondary N) is 2. The molecule has 2 aliphatic rings. The molecule has 3 aromatic rings. The molecular formula is C33H37Cl2N5O6. The van der Waals surface area contributed by atoms with Crippen LogP contribution in [0.1, 0.15) is 54.3 Å². The number of amides is 3. The first-order valence-corrected chi connectivity index (χ1v) is 15.9. The van der Waals surface area contributed by atoms with Crippen LogP contribution in [0.5, 0.6) is 5.75 Å². The summed E-state index contributed by atoms with van der Waals surface area (Å²) in [6, 6.07) is 13.2. The van der Waals surface area contributed by atoms with Crippen LogP contribution >= 0.6 is 23.2 Å². The number of hydrogen-bond donors (Lipinski definition) is 2. The van der Waals surface area contributed by atoms with Gasteiger partial charge in [0, 0.05) is 62.0 Å². The van der Waals surface area contributed by atoms with Gasteiger partial charge in [-0.05, 0) is 63.2 Å². The third-order valence-electron chi connectivity index (χ3n) is 7.42. The van der Waals surface area contributed by atoms with Crippen molar-refractivity contribution in [3.63, 3.8) is 0 Å². The molecule has 0 atom stereocenters. The Morgan fingerprint density at radius 3 is 2.22 bits per heavy atom. The van der Waals surface area contributed by atoms with Crippen molar-refractivity contribution in [3.05, 3.63) is 75.9 Å². The molecule has 1 aromatic heterocycles. The highest BCUT2D eigenvalue weighted by Gasteiger charge is 2.29. The molecule has 11 nitrogen and oxygen atoms in total. The molecule has 3 heterocycles. The summed E-state index contributed by atoms with van der Waals surface area (Å²) in [6.45, 7) is 9.07. The minimum Gasteiger partial charge on any atom is -0.489 e. The molecule has 3 amide bonds. The second-order valence-electron chi connectivity index (χ2n) is 12.0. The fourth-order valence-corrected chi connectivity index (χ4v) is 5.40. The molecule has 46 heavy (non-hydrogen) atoms. The zero-order valence-corrected chi connectivity index (χ0v) is 27.5. The van der Waals surface area contributed by atoms with Gasteiger partial charge in [0.15, 0.2) is 0 Å². The first-order valence-electron chi connectivity index (χ1n) is 15.1. The summed E-state index contributed by atoms with van der Waals surface area (Å²) in [6.07, 6.45) is 1.97. The minimum absolute atomic E-state index is 0.191. The number of piperidine rings is 1. The van der Waals surface area contributed by atoms with Gasteiger partial charge in [0.25, 0.3) is 11.8 Å². The van der Waals surface area contributed by atoms with Crippen molar-refractivity contribution in [1.82, 2.24) is 9.88 Å². The SMILES string of the molecule is CC(C)(C)OC(=O)N1CCC(Oc2cc(N3CCOCC3)ccc2C(=O)Nc2cc(Cl)ccc2C(=O)Nc2ccc(Cl)cn2)CC1. The number of morpholine rings is 1. The molecule has 2 fully saturated rings. The molecule has 2 saturated heterocycles. The standard InChI is InChI=1S/C33H37Cl2N5O6/c1-33(2,3)46-32(43)40-12-10-24(11-13-40)45-28-19-23(39-14-16-44-17-15-39)6-8-26(28)31(42)37-27-18-21(34)4-7-25(27)30(41)38-29-9-5-22(35)20-36-29/h4-9,18-20,24H,10-17H2,1-3H3,(H,37,42)(H,36,38,41). The second-order valence-corrected chi connectivity index (χ2v) is 12.9. The average molecular weight is 671 g/mol. The number of halogens is 2. The zero-order chi connectivity index (χ0) is 32.8. The van der Waals surface area contributed by atoms with Gasteiger partial charge in [0.05, 0.1) is 35.1 Å². The summed E-state index contributed by atoms with van der Waals surface area (Å²) >= 11 is 12.2. The van der Waals surface area contributed by atoms with Gasteiger partial charge in [-0.1, -0.05) is 23.2 Å². The maximum atomic E-state index is 13.8. The number of carbonyl (C=O) groups excluding carboxylic acids is 3. The summed E-state index contributed by atoms with van der Waals surface area (Å²) in [5.41, 5.74) is 1.02. The van der Waals surface area contributed by atoms with E-state index in [0.29, 0.717) is 73.8 Å². The number of aromatic nitrogens is 1. The second kappa shape index (κ2) is 14.6. The van der Waals surface area contributed by atoms with E-state index in [-0.39, 0.29) is 29.0 Å². The number of likely N-dealkylation sites (tertiary alicyclic amines) is 1. The van der Waals surface area contributed by atoms with E-state index >= 15 is 0 Å². The Hall–Kier alpha value is -4.06. The lowest BCUT2D eigenvalue weighted by Crippen LogP contribution is -2.44. The van der Waals surface area contributed by atoms with Crippen molar-refractivity contribution in [1.29, 1.82) is 0 Å². The first-order chi connectivity index (χ1) is 21.9. The van der Waals surface area contributed by atoms with E-state index in [4.69, 9.17) is 37.4 Å². The lowest BCUT2D eigenvalue weighted by atomic mass is 10.1. The molecule has 0 saturated carbocycles. The average Bonchev–Trinajstić information content (AvgIpc) is 3.02. The lowest BCUT2D eigenvalue weighted by Gasteiger charge is -2.34. The van der Waals surface area contributed by atoms with Gasteiger partial charge in [-0.2, -0.15) is 0 Å². The quantitative estimate of drug-likeness (QED) is 0.292. The fraction of sp³-hybridized carbons (Fsp3) is 0.394. The van der Waals surface area contributed by atoms with Crippen LogP contribution in [0.2, 0.25) is 10.0 Å². The van der Waals surface area contributed by atoms with Gasteiger partial charge in [0.1, 0.15) is 23.3 Å². The van der Waals surface area contributed by atoms with Crippen LogP contribution in [0, 0.1) is 0 Å². The molecule has 0 spiro atoms. The molecule has 2 aromatic carbocycles. The number of hydrogen-bond acceptors (Lipinski definition) is 8. The number of benzene rings is 2. The van der Waals surface area contributed by atoms with E-state index in [2.05, 4.69) is 20.5 Å². The summed E-state index contributed by atoms with van der Waals surface area (Å²) < 4.78 is 17.5. The Balaban J connectivity index is 1.35. The highest BCUT2D eigenvalue weighted by molar-refractivity contribution is 6.31. The molecular weight excluding hydrogens is 633 g/mol.